The highest BCUT2D eigenvalue weighted by molar-refractivity contribution is 5.93. The minimum absolute atomic E-state index is 0.0211. The summed E-state index contributed by atoms with van der Waals surface area (Å²) in [5.74, 6) is 1.40. The van der Waals surface area contributed by atoms with Gasteiger partial charge in [0.25, 0.3) is 5.91 Å². The van der Waals surface area contributed by atoms with E-state index in [0.717, 1.165) is 29.3 Å². The van der Waals surface area contributed by atoms with Gasteiger partial charge in [-0.2, -0.15) is 10.1 Å². The Morgan fingerprint density at radius 3 is 2.74 bits per heavy atom. The number of piperidine rings is 1. The molecule has 0 unspecified atom stereocenters. The molecular weight excluding hydrogens is 392 g/mol. The maximum atomic E-state index is 12.6. The zero-order valence-electron chi connectivity index (χ0n) is 17.6. The zero-order valence-corrected chi connectivity index (χ0v) is 17.6. The maximum absolute atomic E-state index is 12.6. The highest BCUT2D eigenvalue weighted by Gasteiger charge is 2.28. The minimum Gasteiger partial charge on any atom is -0.339 e. The zero-order chi connectivity index (χ0) is 21.4. The van der Waals surface area contributed by atoms with E-state index in [1.165, 1.54) is 0 Å². The molecule has 0 spiro atoms. The molecule has 158 valence electrons. The van der Waals surface area contributed by atoms with Crippen molar-refractivity contribution in [2.24, 2.45) is 0 Å². The summed E-state index contributed by atoms with van der Waals surface area (Å²) < 4.78 is 7.61. The molecule has 31 heavy (non-hydrogen) atoms. The van der Waals surface area contributed by atoms with Crippen LogP contribution in [0.25, 0.3) is 22.3 Å². The van der Waals surface area contributed by atoms with Crippen molar-refractivity contribution in [3.8, 4) is 11.4 Å². The normalized spacial score (nSPS) is 15.1. The van der Waals surface area contributed by atoms with Crippen LogP contribution >= 0.6 is 0 Å². The molecule has 4 heterocycles. The van der Waals surface area contributed by atoms with E-state index in [1.807, 2.05) is 27.9 Å². The lowest BCUT2D eigenvalue weighted by molar-refractivity contribution is 0.0704. The minimum atomic E-state index is 0.0211. The SMILES string of the molecule is CC(C)n1ncc2ccc(-c3noc(C4CCN(C(=O)c5cccnc5)CC4)n3)cc21. The lowest BCUT2D eigenvalue weighted by Crippen LogP contribution is -2.38. The molecule has 0 aliphatic carbocycles. The van der Waals surface area contributed by atoms with Gasteiger partial charge in [-0.25, -0.2) is 0 Å². The molecule has 3 aromatic heterocycles. The Balaban J connectivity index is 1.30. The van der Waals surface area contributed by atoms with Crippen molar-refractivity contribution >= 4 is 16.8 Å². The quantitative estimate of drug-likeness (QED) is 0.498. The van der Waals surface area contributed by atoms with Gasteiger partial charge in [0.2, 0.25) is 11.7 Å². The second kappa shape index (κ2) is 7.94. The number of amides is 1. The molecule has 5 rings (SSSR count). The van der Waals surface area contributed by atoms with E-state index in [9.17, 15) is 4.79 Å². The smallest absolute Gasteiger partial charge is 0.255 e. The number of hydrogen-bond donors (Lipinski definition) is 0. The van der Waals surface area contributed by atoms with E-state index in [-0.39, 0.29) is 17.9 Å². The summed E-state index contributed by atoms with van der Waals surface area (Å²) in [6.45, 7) is 5.54. The van der Waals surface area contributed by atoms with Gasteiger partial charge in [0, 0.05) is 48.4 Å². The lowest BCUT2D eigenvalue weighted by atomic mass is 9.96. The molecular formula is C23H24N6O2. The highest BCUT2D eigenvalue weighted by atomic mass is 16.5. The monoisotopic (exact) mass is 416 g/mol. The topological polar surface area (TPSA) is 89.9 Å². The summed E-state index contributed by atoms with van der Waals surface area (Å²) in [5, 5.41) is 9.78. The van der Waals surface area contributed by atoms with Crippen molar-refractivity contribution in [2.45, 2.75) is 38.6 Å². The van der Waals surface area contributed by atoms with Crippen molar-refractivity contribution < 1.29 is 9.32 Å². The summed E-state index contributed by atoms with van der Waals surface area (Å²) in [7, 11) is 0. The van der Waals surface area contributed by atoms with E-state index in [4.69, 9.17) is 4.52 Å². The first kappa shape index (κ1) is 19.4. The molecule has 8 heteroatoms. The molecule has 1 aliphatic heterocycles. The van der Waals surface area contributed by atoms with Gasteiger partial charge in [0.05, 0.1) is 17.3 Å². The third kappa shape index (κ3) is 3.69. The molecule has 0 N–H and O–H groups in total. The molecule has 1 aliphatic rings. The highest BCUT2D eigenvalue weighted by Crippen LogP contribution is 2.30. The average molecular weight is 416 g/mol. The number of carbonyl (C=O) groups excluding carboxylic acids is 1. The molecule has 0 saturated carbocycles. The van der Waals surface area contributed by atoms with Crippen molar-refractivity contribution in [2.75, 3.05) is 13.1 Å². The summed E-state index contributed by atoms with van der Waals surface area (Å²) in [5.41, 5.74) is 2.59. The molecule has 0 radical (unpaired) electrons. The van der Waals surface area contributed by atoms with Gasteiger partial charge in [0.15, 0.2) is 0 Å². The van der Waals surface area contributed by atoms with Gasteiger partial charge in [-0.3, -0.25) is 14.5 Å². The fraction of sp³-hybridized carbons (Fsp3) is 0.348. The number of aromatic nitrogens is 5. The Hall–Kier alpha value is -3.55. The first-order chi connectivity index (χ1) is 15.1. The Labute approximate surface area is 179 Å². The van der Waals surface area contributed by atoms with E-state index < -0.39 is 0 Å². The number of benzene rings is 1. The summed E-state index contributed by atoms with van der Waals surface area (Å²) >= 11 is 0. The molecule has 1 aromatic carbocycles. The molecule has 1 fully saturated rings. The van der Waals surface area contributed by atoms with Gasteiger partial charge in [-0.15, -0.1) is 0 Å². The predicted molar refractivity (Wildman–Crippen MR) is 116 cm³/mol. The maximum Gasteiger partial charge on any atom is 0.255 e. The number of fused-ring (bicyclic) bond motifs is 1. The van der Waals surface area contributed by atoms with Crippen LogP contribution in [0, 0.1) is 0 Å². The van der Waals surface area contributed by atoms with E-state index in [2.05, 4.69) is 40.1 Å². The Morgan fingerprint density at radius 2 is 2.00 bits per heavy atom. The van der Waals surface area contributed by atoms with Crippen LogP contribution in [0.2, 0.25) is 0 Å². The molecule has 1 saturated heterocycles. The van der Waals surface area contributed by atoms with Crippen LogP contribution in [0.5, 0.6) is 0 Å². The second-order valence-corrected chi connectivity index (χ2v) is 8.22. The lowest BCUT2D eigenvalue weighted by Gasteiger charge is -2.30. The number of likely N-dealkylation sites (tertiary alicyclic amines) is 1. The van der Waals surface area contributed by atoms with E-state index >= 15 is 0 Å². The number of carbonyl (C=O) groups is 1. The Kier molecular flexibility index (Phi) is 4.97. The molecule has 1 amide bonds. The van der Waals surface area contributed by atoms with E-state index in [1.54, 1.807) is 24.5 Å². The fourth-order valence-electron chi connectivity index (χ4n) is 4.11. The van der Waals surface area contributed by atoms with Crippen LogP contribution in [0.15, 0.2) is 53.4 Å². The number of nitrogens with zero attached hydrogens (tertiary/aromatic N) is 6. The van der Waals surface area contributed by atoms with Crippen LogP contribution in [0.4, 0.5) is 0 Å². The van der Waals surface area contributed by atoms with Crippen LogP contribution in [-0.4, -0.2) is 48.8 Å². The van der Waals surface area contributed by atoms with E-state index in [0.29, 0.717) is 30.4 Å². The largest absolute Gasteiger partial charge is 0.339 e. The second-order valence-electron chi connectivity index (χ2n) is 8.22. The van der Waals surface area contributed by atoms with Crippen molar-refractivity contribution in [3.05, 3.63) is 60.4 Å². The van der Waals surface area contributed by atoms with Crippen molar-refractivity contribution in [1.82, 2.24) is 29.8 Å². The molecule has 0 atom stereocenters. The van der Waals surface area contributed by atoms with Crippen molar-refractivity contribution in [1.29, 1.82) is 0 Å². The van der Waals surface area contributed by atoms with Crippen LogP contribution in [0.1, 0.15) is 54.9 Å². The van der Waals surface area contributed by atoms with Crippen LogP contribution in [0.3, 0.4) is 0 Å². The summed E-state index contributed by atoms with van der Waals surface area (Å²) in [6, 6.07) is 9.95. The molecule has 8 nitrogen and oxygen atoms in total. The predicted octanol–water partition coefficient (Wildman–Crippen LogP) is 4.08. The average Bonchev–Trinajstić information content (AvgIpc) is 3.46. The van der Waals surface area contributed by atoms with Gasteiger partial charge >= 0.3 is 0 Å². The van der Waals surface area contributed by atoms with Gasteiger partial charge in [0.1, 0.15) is 0 Å². The molecule has 4 aromatic rings. The standard InChI is InChI=1S/C23H24N6O2/c1-15(2)29-20-12-17(5-6-18(20)14-25-29)21-26-22(31-27-21)16-7-10-28(11-8-16)23(30)19-4-3-9-24-13-19/h3-6,9,12-16H,7-8,10-11H2,1-2H3. The van der Waals surface area contributed by atoms with Crippen LogP contribution in [-0.2, 0) is 0 Å². The van der Waals surface area contributed by atoms with Crippen LogP contribution < -0.4 is 0 Å². The first-order valence-corrected chi connectivity index (χ1v) is 10.6. The molecule has 0 bridgehead atoms. The summed E-state index contributed by atoms with van der Waals surface area (Å²) in [4.78, 5) is 23.2. The van der Waals surface area contributed by atoms with Gasteiger partial charge in [-0.1, -0.05) is 17.3 Å². The number of hydrogen-bond acceptors (Lipinski definition) is 6. The summed E-state index contributed by atoms with van der Waals surface area (Å²) in [6.07, 6.45) is 6.76. The van der Waals surface area contributed by atoms with Crippen molar-refractivity contribution in [3.63, 3.8) is 0 Å². The Morgan fingerprint density at radius 1 is 1.16 bits per heavy atom. The Bertz CT molecular complexity index is 1210. The van der Waals surface area contributed by atoms with Gasteiger partial charge < -0.3 is 9.42 Å². The third-order valence-electron chi connectivity index (χ3n) is 5.83. The van der Waals surface area contributed by atoms with Gasteiger partial charge in [-0.05, 0) is 44.9 Å². The fourth-order valence-corrected chi connectivity index (χ4v) is 4.11. The number of pyridine rings is 1. The third-order valence-corrected chi connectivity index (χ3v) is 5.83. The number of rotatable bonds is 4. The first-order valence-electron chi connectivity index (χ1n) is 10.6.